The van der Waals surface area contributed by atoms with E-state index in [2.05, 4.69) is 10.1 Å². The number of nitrogens with one attached hydrogen (secondary N) is 1. The Hall–Kier alpha value is -4.04. The van der Waals surface area contributed by atoms with Gasteiger partial charge in [0.15, 0.2) is 0 Å². The van der Waals surface area contributed by atoms with Crippen molar-refractivity contribution in [1.82, 2.24) is 9.88 Å². The molecule has 3 N–H and O–H groups in total. The summed E-state index contributed by atoms with van der Waals surface area (Å²) < 4.78 is 44.9. The number of rotatable bonds is 6. The molecule has 1 amide bonds. The topological polar surface area (TPSA) is 69.3 Å². The number of alkyl halides is 3. The quantitative estimate of drug-likeness (QED) is 0.347. The molecular weight excluding hydrogens is 467 g/mol. The van der Waals surface area contributed by atoms with Crippen LogP contribution in [0.25, 0.3) is 33.5 Å². The lowest BCUT2D eigenvalue weighted by atomic mass is 9.97. The summed E-state index contributed by atoms with van der Waals surface area (Å²) >= 11 is 0. The summed E-state index contributed by atoms with van der Waals surface area (Å²) in [6.07, 6.45) is -4.18. The number of hydrogen-bond acceptors (Lipinski definition) is 3. The van der Waals surface area contributed by atoms with Gasteiger partial charge in [0.25, 0.3) is 5.91 Å². The first kappa shape index (κ1) is 23.7. The normalized spacial score (nSPS) is 15.3. The third kappa shape index (κ3) is 4.72. The highest BCUT2D eigenvalue weighted by Crippen LogP contribution is 2.41. The molecule has 1 aromatic heterocycles. The fourth-order valence-corrected chi connectivity index (χ4v) is 4.75. The maximum absolute atomic E-state index is 12.9. The van der Waals surface area contributed by atoms with Crippen LogP contribution in [0.1, 0.15) is 23.0 Å². The Kier molecular flexibility index (Phi) is 6.28. The molecule has 184 valence electrons. The van der Waals surface area contributed by atoms with Gasteiger partial charge < -0.3 is 20.4 Å². The number of carbonyl (C=O) groups excluding carboxylic acids is 1. The van der Waals surface area contributed by atoms with Crippen molar-refractivity contribution in [3.8, 4) is 39.3 Å². The second-order valence-electron chi connectivity index (χ2n) is 8.63. The molecule has 0 saturated heterocycles. The van der Waals surface area contributed by atoms with Crippen molar-refractivity contribution in [3.05, 3.63) is 90.6 Å². The van der Waals surface area contributed by atoms with Crippen LogP contribution in [-0.4, -0.2) is 29.9 Å². The van der Waals surface area contributed by atoms with Gasteiger partial charge >= 0.3 is 6.36 Å². The molecule has 3 aromatic carbocycles. The Morgan fingerprint density at radius 2 is 1.58 bits per heavy atom. The molecule has 0 spiro atoms. The Bertz CT molecular complexity index is 1400. The highest BCUT2D eigenvalue weighted by atomic mass is 19.4. The van der Waals surface area contributed by atoms with Gasteiger partial charge in [0, 0.05) is 12.1 Å². The zero-order valence-corrected chi connectivity index (χ0v) is 19.3. The van der Waals surface area contributed by atoms with Crippen LogP contribution in [0.4, 0.5) is 13.2 Å². The van der Waals surface area contributed by atoms with Gasteiger partial charge in [-0.3, -0.25) is 4.79 Å². The fraction of sp³-hybridized carbons (Fsp3) is 0.179. The van der Waals surface area contributed by atoms with Gasteiger partial charge in [-0.15, -0.1) is 13.2 Å². The summed E-state index contributed by atoms with van der Waals surface area (Å²) in [4.78, 5) is 12.9. The van der Waals surface area contributed by atoms with Crippen molar-refractivity contribution >= 4 is 5.91 Å². The zero-order valence-electron chi connectivity index (χ0n) is 19.3. The molecule has 36 heavy (non-hydrogen) atoms. The van der Waals surface area contributed by atoms with E-state index in [1.165, 1.54) is 18.2 Å². The molecule has 0 saturated carbocycles. The number of carbonyl (C=O) groups is 1. The van der Waals surface area contributed by atoms with E-state index in [0.29, 0.717) is 36.3 Å². The summed E-state index contributed by atoms with van der Waals surface area (Å²) in [6.45, 7) is 0.839. The first-order chi connectivity index (χ1) is 17.3. The highest BCUT2D eigenvalue weighted by Gasteiger charge is 2.33. The summed E-state index contributed by atoms with van der Waals surface area (Å²) in [7, 11) is 0. The molecule has 5 rings (SSSR count). The third-order valence-electron chi connectivity index (χ3n) is 6.25. The summed E-state index contributed by atoms with van der Waals surface area (Å²) in [5.41, 5.74) is 11.1. The van der Waals surface area contributed by atoms with Crippen molar-refractivity contribution in [2.45, 2.75) is 18.8 Å². The maximum atomic E-state index is 12.9. The van der Waals surface area contributed by atoms with Crippen LogP contribution in [0.2, 0.25) is 0 Å². The molecule has 1 aliphatic heterocycles. The minimum Gasteiger partial charge on any atom is -0.406 e. The average molecular weight is 492 g/mol. The van der Waals surface area contributed by atoms with Crippen molar-refractivity contribution in [2.24, 2.45) is 5.73 Å². The van der Waals surface area contributed by atoms with Gasteiger partial charge in [-0.05, 0) is 59.5 Å². The van der Waals surface area contributed by atoms with Crippen molar-refractivity contribution < 1.29 is 22.7 Å². The largest absolute Gasteiger partial charge is 0.573 e. The summed E-state index contributed by atoms with van der Waals surface area (Å²) in [5, 5.41) is 2.91. The second kappa shape index (κ2) is 9.54. The lowest BCUT2D eigenvalue weighted by Crippen LogP contribution is -2.39. The minimum absolute atomic E-state index is 0.0959. The number of benzene rings is 3. The van der Waals surface area contributed by atoms with Gasteiger partial charge in [0.05, 0.1) is 11.7 Å². The molecule has 2 heterocycles. The van der Waals surface area contributed by atoms with E-state index in [0.717, 1.165) is 22.4 Å². The smallest absolute Gasteiger partial charge is 0.406 e. The summed E-state index contributed by atoms with van der Waals surface area (Å²) in [6, 6.07) is 25.3. The number of aromatic nitrogens is 1. The third-order valence-corrected chi connectivity index (χ3v) is 6.25. The Morgan fingerprint density at radius 3 is 2.33 bits per heavy atom. The monoisotopic (exact) mass is 491 g/mol. The molecular formula is C28H24F3N3O2. The van der Waals surface area contributed by atoms with Crippen LogP contribution in [0, 0.1) is 0 Å². The van der Waals surface area contributed by atoms with Gasteiger partial charge in [-0.1, -0.05) is 60.7 Å². The number of nitrogens with zero attached hydrogens (tertiary/aromatic N) is 1. The predicted molar refractivity (Wildman–Crippen MR) is 132 cm³/mol. The molecule has 8 heteroatoms. The Morgan fingerprint density at radius 1 is 0.889 bits per heavy atom. The number of nitrogens with two attached hydrogens (primary N) is 1. The molecule has 0 unspecified atom stereocenters. The van der Waals surface area contributed by atoms with Crippen molar-refractivity contribution in [3.63, 3.8) is 0 Å². The average Bonchev–Trinajstić information content (AvgIpc) is 3.28. The van der Waals surface area contributed by atoms with Crippen LogP contribution < -0.4 is 15.8 Å². The molecule has 1 aliphatic rings. The van der Waals surface area contributed by atoms with Crippen LogP contribution in [-0.2, 0) is 0 Å². The maximum Gasteiger partial charge on any atom is 0.573 e. The van der Waals surface area contributed by atoms with E-state index in [9.17, 15) is 18.0 Å². The van der Waals surface area contributed by atoms with E-state index in [-0.39, 0.29) is 17.7 Å². The first-order valence-corrected chi connectivity index (χ1v) is 11.6. The molecule has 0 fully saturated rings. The molecule has 1 atom stereocenters. The minimum atomic E-state index is -4.81. The van der Waals surface area contributed by atoms with Gasteiger partial charge in [-0.25, -0.2) is 0 Å². The highest BCUT2D eigenvalue weighted by molar-refractivity contribution is 5.99. The zero-order chi connectivity index (χ0) is 25.3. The molecule has 5 nitrogen and oxygen atoms in total. The Labute approximate surface area is 206 Å². The standard InChI is InChI=1S/C28H24F3N3O2/c29-28(30,31)36-23-11-5-9-20(15-23)24-16-25-27(35)33-17-22(12-13-32)34(25)26(24)21-10-4-8-19(14-21)18-6-2-1-3-7-18/h1-11,14-16,22H,12-13,17,32H2,(H,33,35)/t22-/m0/s1. The Balaban J connectivity index is 1.72. The number of ether oxygens (including phenoxy) is 1. The lowest BCUT2D eigenvalue weighted by molar-refractivity contribution is -0.274. The molecule has 0 aliphatic carbocycles. The number of halogens is 3. The number of hydrogen-bond donors (Lipinski definition) is 2. The van der Waals surface area contributed by atoms with Crippen LogP contribution in [0.5, 0.6) is 5.75 Å². The van der Waals surface area contributed by atoms with Crippen LogP contribution >= 0.6 is 0 Å². The van der Waals surface area contributed by atoms with Crippen LogP contribution in [0.15, 0.2) is 84.9 Å². The van der Waals surface area contributed by atoms with Gasteiger partial charge in [0.2, 0.25) is 0 Å². The van der Waals surface area contributed by atoms with Crippen LogP contribution in [0.3, 0.4) is 0 Å². The van der Waals surface area contributed by atoms with E-state index in [4.69, 9.17) is 5.73 Å². The fourth-order valence-electron chi connectivity index (χ4n) is 4.75. The molecule has 4 aromatic rings. The SMILES string of the molecule is NCC[C@H]1CNC(=O)c2cc(-c3cccc(OC(F)(F)F)c3)c(-c3cccc(-c4ccccc4)c3)n21. The summed E-state index contributed by atoms with van der Waals surface area (Å²) in [5.74, 6) is -0.561. The molecule has 0 bridgehead atoms. The van der Waals surface area contributed by atoms with Crippen molar-refractivity contribution in [1.29, 1.82) is 0 Å². The van der Waals surface area contributed by atoms with Gasteiger partial charge in [-0.2, -0.15) is 0 Å². The van der Waals surface area contributed by atoms with E-state index < -0.39 is 6.36 Å². The van der Waals surface area contributed by atoms with E-state index in [1.807, 2.05) is 59.2 Å². The lowest BCUT2D eigenvalue weighted by Gasteiger charge is -2.28. The van der Waals surface area contributed by atoms with E-state index >= 15 is 0 Å². The van der Waals surface area contributed by atoms with Gasteiger partial charge in [0.1, 0.15) is 11.4 Å². The second-order valence-corrected chi connectivity index (χ2v) is 8.63. The predicted octanol–water partition coefficient (Wildman–Crippen LogP) is 6.02. The number of fused-ring (bicyclic) bond motifs is 1. The molecule has 0 radical (unpaired) electrons. The van der Waals surface area contributed by atoms with E-state index in [1.54, 1.807) is 12.1 Å². The first-order valence-electron chi connectivity index (χ1n) is 11.6. The number of amides is 1. The van der Waals surface area contributed by atoms with Crippen molar-refractivity contribution in [2.75, 3.05) is 13.1 Å².